The fraction of sp³-hybridized carbons (Fsp3) is 0.882. The fourth-order valence-corrected chi connectivity index (χ4v) is 3.70. The van der Waals surface area contributed by atoms with Gasteiger partial charge in [0.25, 0.3) is 0 Å². The standard InChI is InChI=1S/C17H30N2O2/c1-3-5-10-14-15(20)18-17(11-8-7-9-12-17)16(21)19(14)13-6-4-2/h14H,3-13H2,1-2H3,(H,18,20)/t14-/m0/s1. The highest BCUT2D eigenvalue weighted by Crippen LogP contribution is 2.34. The molecule has 2 aliphatic rings. The van der Waals surface area contributed by atoms with Gasteiger partial charge in [-0.25, -0.2) is 0 Å². The van der Waals surface area contributed by atoms with Crippen LogP contribution in [0.25, 0.3) is 0 Å². The molecular weight excluding hydrogens is 264 g/mol. The van der Waals surface area contributed by atoms with E-state index in [2.05, 4.69) is 19.2 Å². The van der Waals surface area contributed by atoms with Crippen LogP contribution in [0.5, 0.6) is 0 Å². The minimum atomic E-state index is -0.578. The van der Waals surface area contributed by atoms with Crippen LogP contribution in [-0.2, 0) is 9.59 Å². The number of carbonyl (C=O) groups is 2. The van der Waals surface area contributed by atoms with Gasteiger partial charge in [0.15, 0.2) is 0 Å². The Bertz CT molecular complexity index is 375. The third-order valence-corrected chi connectivity index (χ3v) is 5.00. The first-order valence-electron chi connectivity index (χ1n) is 8.77. The molecule has 0 bridgehead atoms. The summed E-state index contributed by atoms with van der Waals surface area (Å²) < 4.78 is 0. The number of hydrogen-bond donors (Lipinski definition) is 1. The Balaban J connectivity index is 2.17. The Kier molecular flexibility index (Phi) is 5.65. The highest BCUT2D eigenvalue weighted by Gasteiger charge is 2.50. The van der Waals surface area contributed by atoms with Gasteiger partial charge in [0.1, 0.15) is 11.6 Å². The summed E-state index contributed by atoms with van der Waals surface area (Å²) >= 11 is 0. The van der Waals surface area contributed by atoms with Gasteiger partial charge in [-0.1, -0.05) is 52.4 Å². The van der Waals surface area contributed by atoms with Crippen LogP contribution < -0.4 is 5.32 Å². The summed E-state index contributed by atoms with van der Waals surface area (Å²) in [6, 6.07) is -0.239. The van der Waals surface area contributed by atoms with Crippen molar-refractivity contribution in [2.75, 3.05) is 6.54 Å². The van der Waals surface area contributed by atoms with Crippen molar-refractivity contribution in [1.82, 2.24) is 10.2 Å². The van der Waals surface area contributed by atoms with E-state index in [1.165, 1.54) is 6.42 Å². The first-order chi connectivity index (χ1) is 10.1. The number of hydrogen-bond acceptors (Lipinski definition) is 2. The third-order valence-electron chi connectivity index (χ3n) is 5.00. The summed E-state index contributed by atoms with van der Waals surface area (Å²) in [5, 5.41) is 3.12. The summed E-state index contributed by atoms with van der Waals surface area (Å²) in [5.74, 6) is 0.275. The molecule has 4 heteroatoms. The summed E-state index contributed by atoms with van der Waals surface area (Å²) in [6.07, 6.45) is 9.82. The molecule has 120 valence electrons. The van der Waals surface area contributed by atoms with Crippen LogP contribution in [0.1, 0.15) is 78.1 Å². The molecule has 1 aliphatic carbocycles. The maximum absolute atomic E-state index is 13.0. The molecule has 1 heterocycles. The number of unbranched alkanes of at least 4 members (excludes halogenated alkanes) is 2. The number of rotatable bonds is 6. The average molecular weight is 294 g/mol. The number of amides is 2. The van der Waals surface area contributed by atoms with E-state index in [0.29, 0.717) is 0 Å². The van der Waals surface area contributed by atoms with E-state index in [9.17, 15) is 9.59 Å². The van der Waals surface area contributed by atoms with E-state index in [4.69, 9.17) is 0 Å². The van der Waals surface area contributed by atoms with E-state index >= 15 is 0 Å². The molecule has 1 saturated heterocycles. The quantitative estimate of drug-likeness (QED) is 0.818. The largest absolute Gasteiger partial charge is 0.340 e. The van der Waals surface area contributed by atoms with Gasteiger partial charge in [-0.15, -0.1) is 0 Å². The van der Waals surface area contributed by atoms with Gasteiger partial charge >= 0.3 is 0 Å². The molecule has 0 radical (unpaired) electrons. The Labute approximate surface area is 128 Å². The second-order valence-corrected chi connectivity index (χ2v) is 6.64. The molecular formula is C17H30N2O2. The van der Waals surface area contributed by atoms with E-state index in [1.807, 2.05) is 4.90 Å². The fourth-order valence-electron chi connectivity index (χ4n) is 3.70. The smallest absolute Gasteiger partial charge is 0.249 e. The summed E-state index contributed by atoms with van der Waals surface area (Å²) in [4.78, 5) is 27.5. The first-order valence-corrected chi connectivity index (χ1v) is 8.77. The molecule has 4 nitrogen and oxygen atoms in total. The number of carbonyl (C=O) groups excluding carboxylic acids is 2. The zero-order valence-electron chi connectivity index (χ0n) is 13.6. The molecule has 1 aliphatic heterocycles. The molecule has 2 fully saturated rings. The molecule has 0 aromatic carbocycles. The van der Waals surface area contributed by atoms with Crippen LogP contribution in [0.15, 0.2) is 0 Å². The van der Waals surface area contributed by atoms with Gasteiger partial charge in [0, 0.05) is 6.54 Å². The van der Waals surface area contributed by atoms with Gasteiger partial charge < -0.3 is 10.2 Å². The van der Waals surface area contributed by atoms with Crippen molar-refractivity contribution in [3.05, 3.63) is 0 Å². The van der Waals surface area contributed by atoms with Crippen molar-refractivity contribution in [1.29, 1.82) is 0 Å². The minimum Gasteiger partial charge on any atom is -0.340 e. The Morgan fingerprint density at radius 1 is 1.10 bits per heavy atom. The SMILES string of the molecule is CCCC[C@H]1C(=O)NC2(CCCCC2)C(=O)N1CCCC. The third kappa shape index (κ3) is 3.41. The summed E-state index contributed by atoms with van der Waals surface area (Å²) in [6.45, 7) is 4.99. The summed E-state index contributed by atoms with van der Waals surface area (Å²) in [7, 11) is 0. The molecule has 1 N–H and O–H groups in total. The molecule has 1 spiro atoms. The maximum Gasteiger partial charge on any atom is 0.249 e. The molecule has 0 unspecified atom stereocenters. The van der Waals surface area contributed by atoms with Crippen LogP contribution in [-0.4, -0.2) is 34.8 Å². The van der Waals surface area contributed by atoms with Crippen molar-refractivity contribution < 1.29 is 9.59 Å². The lowest BCUT2D eigenvalue weighted by Gasteiger charge is -2.47. The monoisotopic (exact) mass is 294 g/mol. The molecule has 1 atom stereocenters. The second-order valence-electron chi connectivity index (χ2n) is 6.64. The lowest BCUT2D eigenvalue weighted by Crippen LogP contribution is -2.70. The zero-order valence-corrected chi connectivity index (χ0v) is 13.6. The highest BCUT2D eigenvalue weighted by molar-refractivity contribution is 5.99. The van der Waals surface area contributed by atoms with Crippen molar-refractivity contribution in [3.8, 4) is 0 Å². The Morgan fingerprint density at radius 2 is 1.76 bits per heavy atom. The van der Waals surface area contributed by atoms with Gasteiger partial charge in [-0.05, 0) is 25.7 Å². The van der Waals surface area contributed by atoms with Crippen LogP contribution >= 0.6 is 0 Å². The van der Waals surface area contributed by atoms with Crippen molar-refractivity contribution in [3.63, 3.8) is 0 Å². The molecule has 0 aromatic heterocycles. The van der Waals surface area contributed by atoms with Crippen LogP contribution in [0.3, 0.4) is 0 Å². The minimum absolute atomic E-state index is 0.0843. The van der Waals surface area contributed by atoms with Gasteiger partial charge in [-0.2, -0.15) is 0 Å². The average Bonchev–Trinajstić information content (AvgIpc) is 2.49. The van der Waals surface area contributed by atoms with E-state index in [0.717, 1.165) is 64.3 Å². The van der Waals surface area contributed by atoms with Crippen molar-refractivity contribution in [2.24, 2.45) is 0 Å². The Hall–Kier alpha value is -1.06. The molecule has 2 amide bonds. The predicted octanol–water partition coefficient (Wildman–Crippen LogP) is 3.01. The second kappa shape index (κ2) is 7.28. The van der Waals surface area contributed by atoms with E-state index < -0.39 is 5.54 Å². The Morgan fingerprint density at radius 3 is 2.38 bits per heavy atom. The van der Waals surface area contributed by atoms with Gasteiger partial charge in [0.2, 0.25) is 11.8 Å². The van der Waals surface area contributed by atoms with Crippen molar-refractivity contribution in [2.45, 2.75) is 89.6 Å². The highest BCUT2D eigenvalue weighted by atomic mass is 16.2. The maximum atomic E-state index is 13.0. The van der Waals surface area contributed by atoms with Crippen LogP contribution in [0.4, 0.5) is 0 Å². The first kappa shape index (κ1) is 16.3. The van der Waals surface area contributed by atoms with Crippen LogP contribution in [0, 0.1) is 0 Å². The van der Waals surface area contributed by atoms with Gasteiger partial charge in [0.05, 0.1) is 0 Å². The lowest BCUT2D eigenvalue weighted by molar-refractivity contribution is -0.157. The van der Waals surface area contributed by atoms with Crippen molar-refractivity contribution >= 4 is 11.8 Å². The molecule has 21 heavy (non-hydrogen) atoms. The lowest BCUT2D eigenvalue weighted by atomic mass is 9.78. The number of nitrogens with one attached hydrogen (secondary N) is 1. The van der Waals surface area contributed by atoms with E-state index in [1.54, 1.807) is 0 Å². The van der Waals surface area contributed by atoms with Gasteiger partial charge in [-0.3, -0.25) is 9.59 Å². The summed E-state index contributed by atoms with van der Waals surface area (Å²) in [5.41, 5.74) is -0.578. The number of piperazine rings is 1. The molecule has 0 aromatic rings. The molecule has 2 rings (SSSR count). The van der Waals surface area contributed by atoms with E-state index in [-0.39, 0.29) is 17.9 Å². The molecule has 1 saturated carbocycles. The normalized spacial score (nSPS) is 25.2. The predicted molar refractivity (Wildman–Crippen MR) is 83.9 cm³/mol. The van der Waals surface area contributed by atoms with Crippen LogP contribution in [0.2, 0.25) is 0 Å². The number of nitrogens with zero attached hydrogens (tertiary/aromatic N) is 1. The topological polar surface area (TPSA) is 49.4 Å². The zero-order chi connectivity index (χ0) is 15.3.